The fraction of sp³-hybridized carbons (Fsp3) is 0.375. The van der Waals surface area contributed by atoms with Gasteiger partial charge < -0.3 is 4.74 Å². The van der Waals surface area contributed by atoms with Gasteiger partial charge in [-0.15, -0.1) is 0 Å². The molecule has 0 saturated carbocycles. The van der Waals surface area contributed by atoms with Crippen molar-refractivity contribution in [1.29, 1.82) is 0 Å². The summed E-state index contributed by atoms with van der Waals surface area (Å²) in [6, 6.07) is 0. The Bertz CT molecular complexity index is 227. The van der Waals surface area contributed by atoms with Gasteiger partial charge in [-0.25, -0.2) is 4.79 Å². The highest BCUT2D eigenvalue weighted by Gasteiger charge is 2.38. The smallest absolute Gasteiger partial charge is 0.334 e. The summed E-state index contributed by atoms with van der Waals surface area (Å²) < 4.78 is 5.00. The summed E-state index contributed by atoms with van der Waals surface area (Å²) in [6.45, 7) is 3.65. The van der Waals surface area contributed by atoms with Crippen molar-refractivity contribution in [3.63, 3.8) is 0 Å². The van der Waals surface area contributed by atoms with Gasteiger partial charge >= 0.3 is 5.97 Å². The van der Waals surface area contributed by atoms with Gasteiger partial charge in [0.15, 0.2) is 0 Å². The van der Waals surface area contributed by atoms with E-state index in [9.17, 15) is 4.79 Å². The Morgan fingerprint density at radius 2 is 2.50 bits per heavy atom. The molecule has 1 saturated heterocycles. The van der Waals surface area contributed by atoms with E-state index < -0.39 is 0 Å². The van der Waals surface area contributed by atoms with Crippen LogP contribution in [0, 0.1) is 5.92 Å². The lowest BCUT2D eigenvalue weighted by molar-refractivity contribution is -0.138. The molecule has 10 heavy (non-hydrogen) atoms. The first-order chi connectivity index (χ1) is 4.79. The van der Waals surface area contributed by atoms with Gasteiger partial charge in [0, 0.05) is 17.9 Å². The predicted octanol–water partition coefficient (Wildman–Crippen LogP) is 1.04. The first kappa shape index (κ1) is 5.71. The van der Waals surface area contributed by atoms with Gasteiger partial charge in [0.2, 0.25) is 0 Å². The number of rotatable bonds is 0. The van der Waals surface area contributed by atoms with Crippen LogP contribution < -0.4 is 0 Å². The van der Waals surface area contributed by atoms with E-state index >= 15 is 0 Å². The van der Waals surface area contributed by atoms with E-state index in [1.165, 1.54) is 0 Å². The summed E-state index contributed by atoms with van der Waals surface area (Å²) in [5.41, 5.74) is 0.610. The number of fused-ring (bicyclic) bond motifs is 1. The van der Waals surface area contributed by atoms with E-state index in [2.05, 4.69) is 6.58 Å². The Balaban J connectivity index is 2.31. The summed E-state index contributed by atoms with van der Waals surface area (Å²) in [7, 11) is 0. The molecule has 0 amide bonds. The van der Waals surface area contributed by atoms with E-state index in [-0.39, 0.29) is 18.0 Å². The zero-order valence-corrected chi connectivity index (χ0v) is 5.54. The summed E-state index contributed by atoms with van der Waals surface area (Å²) in [5, 5.41) is 0. The summed E-state index contributed by atoms with van der Waals surface area (Å²) in [5.74, 6) is -0.0492. The third-order valence-electron chi connectivity index (χ3n) is 2.04. The van der Waals surface area contributed by atoms with Crippen LogP contribution in [0.1, 0.15) is 6.42 Å². The lowest BCUT2D eigenvalue weighted by Crippen LogP contribution is -2.07. The minimum atomic E-state index is -0.223. The lowest BCUT2D eigenvalue weighted by Gasteiger charge is -2.03. The molecule has 0 aromatic rings. The van der Waals surface area contributed by atoms with Crippen LogP contribution in [0.2, 0.25) is 0 Å². The molecule has 2 heteroatoms. The number of hydrogen-bond donors (Lipinski definition) is 0. The molecule has 0 radical (unpaired) electrons. The third kappa shape index (κ3) is 0.561. The minimum Gasteiger partial charge on any atom is -0.458 e. The van der Waals surface area contributed by atoms with Crippen molar-refractivity contribution in [1.82, 2.24) is 0 Å². The molecule has 2 rings (SSSR count). The van der Waals surface area contributed by atoms with Crippen LogP contribution in [0.25, 0.3) is 0 Å². The van der Waals surface area contributed by atoms with E-state index in [0.29, 0.717) is 5.57 Å². The van der Waals surface area contributed by atoms with Gasteiger partial charge in [-0.3, -0.25) is 0 Å². The van der Waals surface area contributed by atoms with Gasteiger partial charge in [0.05, 0.1) is 0 Å². The van der Waals surface area contributed by atoms with Crippen LogP contribution in [0.3, 0.4) is 0 Å². The number of hydrogen-bond acceptors (Lipinski definition) is 2. The molecule has 0 bridgehead atoms. The van der Waals surface area contributed by atoms with Crippen LogP contribution >= 0.6 is 0 Å². The molecule has 2 aliphatic rings. The van der Waals surface area contributed by atoms with E-state index in [1.54, 1.807) is 0 Å². The molecule has 2 atom stereocenters. The average Bonchev–Trinajstić information content (AvgIpc) is 2.41. The van der Waals surface area contributed by atoms with Gasteiger partial charge in [0.25, 0.3) is 0 Å². The standard InChI is InChI=1S/C8H8O2/c1-5-6-3-2-4-7(6)10-8(5)9/h2-3,6-7H,1,4H2/t6-,7-/m0/s1. The molecule has 1 aliphatic carbocycles. The maximum absolute atomic E-state index is 10.8. The Hall–Kier alpha value is -1.05. The first-order valence-corrected chi connectivity index (χ1v) is 3.35. The zero-order valence-electron chi connectivity index (χ0n) is 5.54. The second-order valence-corrected chi connectivity index (χ2v) is 2.66. The SMILES string of the molecule is C=C1C(=O)O[C@H]2CC=C[C@@H]12. The molecule has 0 aromatic heterocycles. The normalized spacial score (nSPS) is 36.4. The van der Waals surface area contributed by atoms with Gasteiger partial charge in [0.1, 0.15) is 6.10 Å². The summed E-state index contributed by atoms with van der Waals surface area (Å²) in [4.78, 5) is 10.8. The average molecular weight is 136 g/mol. The largest absolute Gasteiger partial charge is 0.458 e. The van der Waals surface area contributed by atoms with Crippen LogP contribution in [0.15, 0.2) is 24.3 Å². The highest BCUT2D eigenvalue weighted by atomic mass is 16.6. The van der Waals surface area contributed by atoms with Crippen molar-refractivity contribution in [2.45, 2.75) is 12.5 Å². The second-order valence-electron chi connectivity index (χ2n) is 2.66. The molecule has 0 aromatic carbocycles. The molecule has 52 valence electrons. The first-order valence-electron chi connectivity index (χ1n) is 3.35. The fourth-order valence-corrected chi connectivity index (χ4v) is 1.44. The van der Waals surface area contributed by atoms with E-state index in [1.807, 2.05) is 12.2 Å². The Morgan fingerprint density at radius 3 is 3.20 bits per heavy atom. The number of ether oxygens (including phenoxy) is 1. The molecule has 2 nitrogen and oxygen atoms in total. The van der Waals surface area contributed by atoms with Crippen LogP contribution in [-0.4, -0.2) is 12.1 Å². The molecule has 0 spiro atoms. The molecular formula is C8H8O2. The Morgan fingerprint density at radius 1 is 1.70 bits per heavy atom. The fourth-order valence-electron chi connectivity index (χ4n) is 1.44. The lowest BCUT2D eigenvalue weighted by atomic mass is 10.0. The molecule has 0 N–H and O–H groups in total. The number of carbonyl (C=O) groups is 1. The predicted molar refractivity (Wildman–Crippen MR) is 36.3 cm³/mol. The number of esters is 1. The maximum atomic E-state index is 10.8. The highest BCUT2D eigenvalue weighted by molar-refractivity contribution is 5.91. The second kappa shape index (κ2) is 1.72. The zero-order chi connectivity index (χ0) is 7.14. The molecule has 0 unspecified atom stereocenters. The monoisotopic (exact) mass is 136 g/mol. The van der Waals surface area contributed by atoms with Crippen molar-refractivity contribution < 1.29 is 9.53 Å². The summed E-state index contributed by atoms with van der Waals surface area (Å²) >= 11 is 0. The van der Waals surface area contributed by atoms with Crippen molar-refractivity contribution in [2.75, 3.05) is 0 Å². The Labute approximate surface area is 59.2 Å². The third-order valence-corrected chi connectivity index (χ3v) is 2.04. The maximum Gasteiger partial charge on any atom is 0.334 e. The highest BCUT2D eigenvalue weighted by Crippen LogP contribution is 2.34. The Kier molecular flexibility index (Phi) is 0.982. The van der Waals surface area contributed by atoms with Gasteiger partial charge in [-0.2, -0.15) is 0 Å². The molecular weight excluding hydrogens is 128 g/mol. The number of carbonyl (C=O) groups excluding carboxylic acids is 1. The molecule has 1 aliphatic heterocycles. The van der Waals surface area contributed by atoms with Crippen LogP contribution in [0.5, 0.6) is 0 Å². The van der Waals surface area contributed by atoms with Gasteiger partial charge in [-0.1, -0.05) is 18.7 Å². The van der Waals surface area contributed by atoms with Crippen LogP contribution in [-0.2, 0) is 9.53 Å². The molecule has 1 fully saturated rings. The van der Waals surface area contributed by atoms with Gasteiger partial charge in [-0.05, 0) is 0 Å². The summed E-state index contributed by atoms with van der Waals surface area (Å²) in [6.07, 6.45) is 4.96. The van der Waals surface area contributed by atoms with E-state index in [0.717, 1.165) is 6.42 Å². The quantitative estimate of drug-likeness (QED) is 0.282. The minimum absolute atomic E-state index is 0.0694. The van der Waals surface area contributed by atoms with Crippen molar-refractivity contribution in [3.8, 4) is 0 Å². The molecule has 1 heterocycles. The van der Waals surface area contributed by atoms with E-state index in [4.69, 9.17) is 4.74 Å². The van der Waals surface area contributed by atoms with Crippen LogP contribution in [0.4, 0.5) is 0 Å². The van der Waals surface area contributed by atoms with Crippen molar-refractivity contribution >= 4 is 5.97 Å². The topological polar surface area (TPSA) is 26.3 Å². The van der Waals surface area contributed by atoms with Crippen molar-refractivity contribution in [2.24, 2.45) is 5.92 Å². The van der Waals surface area contributed by atoms with Crippen molar-refractivity contribution in [3.05, 3.63) is 24.3 Å².